The van der Waals surface area contributed by atoms with Gasteiger partial charge in [-0.3, -0.25) is 9.59 Å². The Morgan fingerprint density at radius 2 is 1.62 bits per heavy atom. The first-order valence-corrected chi connectivity index (χ1v) is 7.87. The summed E-state index contributed by atoms with van der Waals surface area (Å²) in [5.41, 5.74) is 1.81. The van der Waals surface area contributed by atoms with Crippen molar-refractivity contribution in [3.05, 3.63) is 71.8 Å². The monoisotopic (exact) mass is 326 g/mol. The molecule has 0 bridgehead atoms. The first-order valence-electron chi connectivity index (χ1n) is 7.87. The number of amides is 1. The van der Waals surface area contributed by atoms with Crippen LogP contribution in [0, 0.1) is 0 Å². The molecule has 0 saturated carbocycles. The van der Waals surface area contributed by atoms with Crippen LogP contribution < -0.4 is 10.6 Å². The molecule has 1 amide bonds. The van der Waals surface area contributed by atoms with E-state index in [0.29, 0.717) is 0 Å². The molecular formula is C19H22N2O3. The molecule has 5 nitrogen and oxygen atoms in total. The van der Waals surface area contributed by atoms with E-state index in [0.717, 1.165) is 11.1 Å². The van der Waals surface area contributed by atoms with Gasteiger partial charge in [0.15, 0.2) is 0 Å². The molecule has 24 heavy (non-hydrogen) atoms. The number of likely N-dealkylation sites (N-methyl/N-ethyl adjacent to an activating group) is 1. The molecule has 0 spiro atoms. The standard InChI is InChI=1S/C19H22N2O3/c1-20-13-18(22)21-17(16-10-6-3-7-11-16)12-19(23)24-14-15-8-4-2-5-9-15/h2-11,17,20H,12-14H2,1H3,(H,21,22). The number of nitrogens with one attached hydrogen (secondary N) is 2. The lowest BCUT2D eigenvalue weighted by Crippen LogP contribution is -2.36. The molecule has 126 valence electrons. The molecule has 0 fully saturated rings. The average Bonchev–Trinajstić information content (AvgIpc) is 2.61. The lowest BCUT2D eigenvalue weighted by atomic mass is 10.0. The number of carbonyl (C=O) groups excluding carboxylic acids is 2. The molecule has 1 atom stereocenters. The van der Waals surface area contributed by atoms with Gasteiger partial charge in [-0.2, -0.15) is 0 Å². The van der Waals surface area contributed by atoms with E-state index in [2.05, 4.69) is 10.6 Å². The van der Waals surface area contributed by atoms with Crippen molar-refractivity contribution in [3.63, 3.8) is 0 Å². The number of ether oxygens (including phenoxy) is 1. The van der Waals surface area contributed by atoms with Gasteiger partial charge in [-0.05, 0) is 18.2 Å². The lowest BCUT2D eigenvalue weighted by molar-refractivity contribution is -0.145. The molecule has 2 rings (SSSR count). The maximum atomic E-state index is 12.2. The van der Waals surface area contributed by atoms with E-state index < -0.39 is 6.04 Å². The van der Waals surface area contributed by atoms with Crippen LogP contribution in [0.25, 0.3) is 0 Å². The predicted octanol–water partition coefficient (Wildman–Crippen LogP) is 2.20. The van der Waals surface area contributed by atoms with Crippen molar-refractivity contribution in [1.82, 2.24) is 10.6 Å². The van der Waals surface area contributed by atoms with Crippen LogP contribution in [0.5, 0.6) is 0 Å². The minimum atomic E-state index is -0.407. The maximum absolute atomic E-state index is 12.2. The van der Waals surface area contributed by atoms with Gasteiger partial charge in [0.05, 0.1) is 19.0 Å². The highest BCUT2D eigenvalue weighted by Crippen LogP contribution is 2.17. The quantitative estimate of drug-likeness (QED) is 0.730. The number of esters is 1. The molecule has 2 aromatic carbocycles. The summed E-state index contributed by atoms with van der Waals surface area (Å²) in [5.74, 6) is -0.514. The van der Waals surface area contributed by atoms with Crippen molar-refractivity contribution < 1.29 is 14.3 Å². The fraction of sp³-hybridized carbons (Fsp3) is 0.263. The summed E-state index contributed by atoms with van der Waals surface area (Å²) in [4.78, 5) is 24.0. The molecule has 0 saturated heterocycles. The smallest absolute Gasteiger partial charge is 0.308 e. The Bertz CT molecular complexity index is 644. The molecule has 1 unspecified atom stereocenters. The van der Waals surface area contributed by atoms with Gasteiger partial charge >= 0.3 is 5.97 Å². The van der Waals surface area contributed by atoms with E-state index >= 15 is 0 Å². The van der Waals surface area contributed by atoms with Crippen molar-refractivity contribution in [2.75, 3.05) is 13.6 Å². The lowest BCUT2D eigenvalue weighted by Gasteiger charge is -2.18. The summed E-state index contributed by atoms with van der Waals surface area (Å²) in [6.45, 7) is 0.425. The second kappa shape index (κ2) is 9.47. The molecule has 0 aliphatic rings. The van der Waals surface area contributed by atoms with Gasteiger partial charge in [-0.1, -0.05) is 60.7 Å². The SMILES string of the molecule is CNCC(=O)NC(CC(=O)OCc1ccccc1)c1ccccc1. The van der Waals surface area contributed by atoms with Crippen LogP contribution in [0.4, 0.5) is 0 Å². The Hall–Kier alpha value is -2.66. The largest absolute Gasteiger partial charge is 0.461 e. The highest BCUT2D eigenvalue weighted by molar-refractivity contribution is 5.79. The van der Waals surface area contributed by atoms with Gasteiger partial charge in [-0.25, -0.2) is 0 Å². The van der Waals surface area contributed by atoms with Crippen molar-refractivity contribution in [3.8, 4) is 0 Å². The molecule has 2 aromatic rings. The van der Waals surface area contributed by atoms with Gasteiger partial charge < -0.3 is 15.4 Å². The van der Waals surface area contributed by atoms with E-state index in [4.69, 9.17) is 4.74 Å². The van der Waals surface area contributed by atoms with E-state index in [1.807, 2.05) is 60.7 Å². The van der Waals surface area contributed by atoms with Gasteiger partial charge in [0, 0.05) is 0 Å². The van der Waals surface area contributed by atoms with E-state index in [-0.39, 0.29) is 31.4 Å². The zero-order valence-electron chi connectivity index (χ0n) is 13.7. The minimum absolute atomic E-state index is 0.0896. The second-order valence-corrected chi connectivity index (χ2v) is 5.41. The van der Waals surface area contributed by atoms with Crippen LogP contribution in [0.15, 0.2) is 60.7 Å². The van der Waals surface area contributed by atoms with Crippen LogP contribution in [-0.2, 0) is 20.9 Å². The number of rotatable bonds is 8. The van der Waals surface area contributed by atoms with Crippen LogP contribution in [-0.4, -0.2) is 25.5 Å². The number of carbonyl (C=O) groups is 2. The summed E-state index contributed by atoms with van der Waals surface area (Å²) in [6, 6.07) is 18.5. The Morgan fingerprint density at radius 1 is 1.00 bits per heavy atom. The van der Waals surface area contributed by atoms with Gasteiger partial charge in [0.2, 0.25) is 5.91 Å². The highest BCUT2D eigenvalue weighted by Gasteiger charge is 2.19. The third kappa shape index (κ3) is 5.85. The zero-order valence-corrected chi connectivity index (χ0v) is 13.7. The van der Waals surface area contributed by atoms with Gasteiger partial charge in [0.1, 0.15) is 6.61 Å². The first-order chi connectivity index (χ1) is 11.7. The molecule has 5 heteroatoms. The number of hydrogen-bond donors (Lipinski definition) is 2. The van der Waals surface area contributed by atoms with Crippen molar-refractivity contribution >= 4 is 11.9 Å². The Balaban J connectivity index is 1.96. The van der Waals surface area contributed by atoms with Crippen molar-refractivity contribution in [1.29, 1.82) is 0 Å². The second-order valence-electron chi connectivity index (χ2n) is 5.41. The third-order valence-corrected chi connectivity index (χ3v) is 3.49. The molecule has 2 N–H and O–H groups in total. The first kappa shape index (κ1) is 17.7. The summed E-state index contributed by atoms with van der Waals surface area (Å²) in [5, 5.41) is 5.66. The van der Waals surface area contributed by atoms with Crippen LogP contribution in [0.1, 0.15) is 23.6 Å². The van der Waals surface area contributed by atoms with E-state index in [1.165, 1.54) is 0 Å². The molecule has 0 radical (unpaired) electrons. The summed E-state index contributed by atoms with van der Waals surface area (Å²) in [7, 11) is 1.70. The summed E-state index contributed by atoms with van der Waals surface area (Å²) < 4.78 is 5.32. The van der Waals surface area contributed by atoms with E-state index in [9.17, 15) is 9.59 Å². The molecule has 0 aliphatic carbocycles. The Labute approximate surface area is 142 Å². The normalized spacial score (nSPS) is 11.5. The highest BCUT2D eigenvalue weighted by atomic mass is 16.5. The van der Waals surface area contributed by atoms with Crippen LogP contribution >= 0.6 is 0 Å². The summed E-state index contributed by atoms with van der Waals surface area (Å²) in [6.07, 6.45) is 0.0896. The van der Waals surface area contributed by atoms with Crippen LogP contribution in [0.3, 0.4) is 0 Å². The Morgan fingerprint density at radius 3 is 2.25 bits per heavy atom. The maximum Gasteiger partial charge on any atom is 0.308 e. The molecular weight excluding hydrogens is 304 g/mol. The minimum Gasteiger partial charge on any atom is -0.461 e. The van der Waals surface area contributed by atoms with Crippen LogP contribution in [0.2, 0.25) is 0 Å². The van der Waals surface area contributed by atoms with Gasteiger partial charge in [-0.15, -0.1) is 0 Å². The molecule has 0 aromatic heterocycles. The predicted molar refractivity (Wildman–Crippen MR) is 92.1 cm³/mol. The fourth-order valence-corrected chi connectivity index (χ4v) is 2.31. The van der Waals surface area contributed by atoms with Crippen molar-refractivity contribution in [2.45, 2.75) is 19.1 Å². The molecule has 0 heterocycles. The third-order valence-electron chi connectivity index (χ3n) is 3.49. The topological polar surface area (TPSA) is 67.4 Å². The fourth-order valence-electron chi connectivity index (χ4n) is 2.31. The van der Waals surface area contributed by atoms with Crippen molar-refractivity contribution in [2.24, 2.45) is 0 Å². The van der Waals surface area contributed by atoms with E-state index in [1.54, 1.807) is 7.05 Å². The molecule has 0 aliphatic heterocycles. The number of benzene rings is 2. The average molecular weight is 326 g/mol. The Kier molecular flexibility index (Phi) is 6.98. The summed E-state index contributed by atoms with van der Waals surface area (Å²) >= 11 is 0. The zero-order chi connectivity index (χ0) is 17.2. The number of hydrogen-bond acceptors (Lipinski definition) is 4. The van der Waals surface area contributed by atoms with Gasteiger partial charge in [0.25, 0.3) is 0 Å².